The van der Waals surface area contributed by atoms with Gasteiger partial charge in [0.05, 0.1) is 0 Å². The fourth-order valence-corrected chi connectivity index (χ4v) is 2.16. The van der Waals surface area contributed by atoms with Crippen LogP contribution < -0.4 is 5.32 Å². The van der Waals surface area contributed by atoms with Gasteiger partial charge in [0, 0.05) is 0 Å². The molecule has 83 valence electrons. The normalized spacial score (nSPS) is 28.9. The Kier molecular flexibility index (Phi) is 6.62. The number of hydrogen-bond donors (Lipinski definition) is 1. The fourth-order valence-electron chi connectivity index (χ4n) is 1.53. The van der Waals surface area contributed by atoms with Crippen LogP contribution in [0, 0.1) is 0 Å². The Bertz CT molecular complexity index is 295. The summed E-state index contributed by atoms with van der Waals surface area (Å²) < 4.78 is 5.55. The van der Waals surface area contributed by atoms with Crippen LogP contribution >= 0.6 is 24.8 Å². The molecule has 1 aliphatic rings. The molecule has 1 heterocycles. The summed E-state index contributed by atoms with van der Waals surface area (Å²) in [5, 5.41) is 3.46. The van der Waals surface area contributed by atoms with Crippen molar-refractivity contribution in [3.05, 3.63) is 35.9 Å². The van der Waals surface area contributed by atoms with E-state index < -0.39 is 0 Å². The quantitative estimate of drug-likeness (QED) is 0.856. The molecule has 5 heteroatoms. The van der Waals surface area contributed by atoms with E-state index in [0.29, 0.717) is 6.04 Å². The van der Waals surface area contributed by atoms with Crippen molar-refractivity contribution in [1.29, 1.82) is 0 Å². The molecule has 0 spiro atoms. The third-order valence-electron chi connectivity index (χ3n) is 2.19. The van der Waals surface area contributed by atoms with Crippen LogP contribution in [0.15, 0.2) is 30.3 Å². The van der Waals surface area contributed by atoms with Crippen molar-refractivity contribution >= 4 is 24.8 Å². The molecule has 2 atom stereocenters. The van der Waals surface area contributed by atoms with Gasteiger partial charge in [-0.2, -0.15) is 0 Å². The number of halogens is 2. The predicted molar refractivity (Wildman–Crippen MR) is 61.2 cm³/mol. The minimum atomic E-state index is -0.0901. The first-order valence-electron chi connectivity index (χ1n) is 4.39. The van der Waals surface area contributed by atoms with Gasteiger partial charge in [-0.1, -0.05) is 0 Å². The Morgan fingerprint density at radius 3 is 2.40 bits per heavy atom. The van der Waals surface area contributed by atoms with Gasteiger partial charge in [0.25, 0.3) is 0 Å². The zero-order valence-electron chi connectivity index (χ0n) is 8.40. The SMILES string of the molecule is C[C]1([Zr])NC(c2ccccc2)CO1.Cl.Cl. The molecule has 1 saturated heterocycles. The standard InChI is InChI=1S/C10H12NO.2ClH.Zr/c1-8-11-10(7-12-8)9-5-3-2-4-6-9;;;/h2-6,10-11H,7H2,1H3;2*1H;. The van der Waals surface area contributed by atoms with Crippen LogP contribution in [0.4, 0.5) is 0 Å². The van der Waals surface area contributed by atoms with E-state index in [1.54, 1.807) is 0 Å². The molecule has 1 aromatic rings. The summed E-state index contributed by atoms with van der Waals surface area (Å²) >= 11 is 1.38. The van der Waals surface area contributed by atoms with Gasteiger partial charge in [0.1, 0.15) is 0 Å². The first kappa shape index (κ1) is 15.6. The number of hydrogen-bond acceptors (Lipinski definition) is 2. The van der Waals surface area contributed by atoms with Gasteiger partial charge in [-0.3, -0.25) is 0 Å². The minimum absolute atomic E-state index is 0. The molecule has 0 aliphatic carbocycles. The Morgan fingerprint density at radius 1 is 1.33 bits per heavy atom. The Labute approximate surface area is 118 Å². The van der Waals surface area contributed by atoms with Crippen molar-refractivity contribution in [2.24, 2.45) is 0 Å². The molecule has 0 bridgehead atoms. The van der Waals surface area contributed by atoms with Crippen molar-refractivity contribution in [2.45, 2.75) is 16.4 Å². The van der Waals surface area contributed by atoms with E-state index in [1.165, 1.54) is 30.3 Å². The van der Waals surface area contributed by atoms with Crippen molar-refractivity contribution in [3.63, 3.8) is 0 Å². The van der Waals surface area contributed by atoms with Gasteiger partial charge in [-0.15, -0.1) is 24.8 Å². The van der Waals surface area contributed by atoms with E-state index in [4.69, 9.17) is 4.74 Å². The molecule has 1 aromatic carbocycles. The number of rotatable bonds is 1. The summed E-state index contributed by atoms with van der Waals surface area (Å²) in [4.78, 5) is 0. The van der Waals surface area contributed by atoms with Gasteiger partial charge in [-0.25, -0.2) is 0 Å². The second kappa shape index (κ2) is 6.37. The molecule has 0 amide bonds. The molecular weight excluding hydrogens is 312 g/mol. The summed E-state index contributed by atoms with van der Waals surface area (Å²) in [6.45, 7) is 2.87. The van der Waals surface area contributed by atoms with E-state index >= 15 is 0 Å². The van der Waals surface area contributed by atoms with Crippen molar-refractivity contribution in [2.75, 3.05) is 6.61 Å². The minimum Gasteiger partial charge on any atom is -0.147 e. The molecule has 0 radical (unpaired) electrons. The van der Waals surface area contributed by atoms with E-state index in [2.05, 4.69) is 36.5 Å². The van der Waals surface area contributed by atoms with E-state index in [-0.39, 0.29) is 28.2 Å². The third kappa shape index (κ3) is 4.16. The molecule has 0 saturated carbocycles. The summed E-state index contributed by atoms with van der Waals surface area (Å²) in [5.41, 5.74) is 1.31. The molecule has 1 fully saturated rings. The summed E-state index contributed by atoms with van der Waals surface area (Å²) in [5.74, 6) is 0. The van der Waals surface area contributed by atoms with Crippen LogP contribution in [0.25, 0.3) is 0 Å². The van der Waals surface area contributed by atoms with Crippen LogP contribution in [0.1, 0.15) is 18.5 Å². The Hall–Kier alpha value is 0.603. The molecule has 1 aliphatic heterocycles. The molecule has 2 nitrogen and oxygen atoms in total. The summed E-state index contributed by atoms with van der Waals surface area (Å²) in [6.07, 6.45) is 0. The van der Waals surface area contributed by atoms with Crippen molar-refractivity contribution < 1.29 is 29.5 Å². The second-order valence-corrected chi connectivity index (χ2v) is 5.80. The van der Waals surface area contributed by atoms with Crippen molar-refractivity contribution in [3.8, 4) is 0 Å². The van der Waals surface area contributed by atoms with E-state index in [9.17, 15) is 0 Å². The molecule has 2 rings (SSSR count). The average molecular weight is 326 g/mol. The molecular formula is C10H14Cl2NOZr. The van der Waals surface area contributed by atoms with Gasteiger partial charge in [-0.05, 0) is 0 Å². The second-order valence-electron chi connectivity index (χ2n) is 3.45. The van der Waals surface area contributed by atoms with E-state index in [0.717, 1.165) is 6.61 Å². The first-order valence-corrected chi connectivity index (χ1v) is 5.62. The van der Waals surface area contributed by atoms with E-state index in [1.807, 2.05) is 6.07 Å². The Morgan fingerprint density at radius 2 is 1.93 bits per heavy atom. The number of benzene rings is 1. The van der Waals surface area contributed by atoms with Gasteiger partial charge in [0.15, 0.2) is 0 Å². The zero-order valence-corrected chi connectivity index (χ0v) is 12.5. The van der Waals surface area contributed by atoms with Crippen LogP contribution in [0.2, 0.25) is 0 Å². The fraction of sp³-hybridized carbons (Fsp3) is 0.400. The largest absolute Gasteiger partial charge is 0.147 e. The van der Waals surface area contributed by atoms with Crippen LogP contribution in [-0.4, -0.2) is 10.0 Å². The number of nitrogens with one attached hydrogen (secondary N) is 1. The van der Waals surface area contributed by atoms with Gasteiger partial charge < -0.3 is 0 Å². The first-order chi connectivity index (χ1) is 6.17. The topological polar surface area (TPSA) is 21.3 Å². The van der Waals surface area contributed by atoms with Crippen LogP contribution in [-0.2, 0) is 29.5 Å². The summed E-state index contributed by atoms with van der Waals surface area (Å²) in [7, 11) is 0. The molecule has 0 aromatic heterocycles. The maximum absolute atomic E-state index is 5.64. The number of ether oxygens (including phenoxy) is 1. The van der Waals surface area contributed by atoms with Crippen molar-refractivity contribution in [1.82, 2.24) is 5.32 Å². The van der Waals surface area contributed by atoms with Crippen LogP contribution in [0.3, 0.4) is 0 Å². The Balaban J connectivity index is 0.000000980. The third-order valence-corrected chi connectivity index (χ3v) is 2.90. The summed E-state index contributed by atoms with van der Waals surface area (Å²) in [6, 6.07) is 10.8. The molecule has 2 unspecified atom stereocenters. The average Bonchev–Trinajstić information content (AvgIpc) is 2.48. The molecule has 1 N–H and O–H groups in total. The van der Waals surface area contributed by atoms with Crippen LogP contribution in [0.5, 0.6) is 0 Å². The smallest absolute Gasteiger partial charge is 0.147 e. The van der Waals surface area contributed by atoms with Gasteiger partial charge >= 0.3 is 93.7 Å². The maximum atomic E-state index is 5.64. The zero-order chi connectivity index (χ0) is 9.31. The predicted octanol–water partition coefficient (Wildman–Crippen LogP) is 2.41. The molecule has 15 heavy (non-hydrogen) atoms. The monoisotopic (exact) mass is 324 g/mol. The maximum Gasteiger partial charge on any atom is -0.147 e. The van der Waals surface area contributed by atoms with Gasteiger partial charge in [0.2, 0.25) is 0 Å².